The zero-order valence-corrected chi connectivity index (χ0v) is 7.49. The molecule has 1 fully saturated rings. The van der Waals surface area contributed by atoms with Gasteiger partial charge in [-0.1, -0.05) is 12.8 Å². The van der Waals surface area contributed by atoms with E-state index < -0.39 is 5.67 Å². The van der Waals surface area contributed by atoms with Crippen LogP contribution in [0.5, 0.6) is 0 Å². The van der Waals surface area contributed by atoms with Crippen LogP contribution in [0.25, 0.3) is 0 Å². The maximum absolute atomic E-state index is 13.0. The summed E-state index contributed by atoms with van der Waals surface area (Å²) in [6.07, 6.45) is 5.08. The Morgan fingerprint density at radius 3 is 2.36 bits per heavy atom. The molecule has 0 aromatic carbocycles. The van der Waals surface area contributed by atoms with E-state index in [0.29, 0.717) is 12.6 Å². The van der Waals surface area contributed by atoms with E-state index in [4.69, 9.17) is 0 Å². The van der Waals surface area contributed by atoms with Gasteiger partial charge in [-0.2, -0.15) is 0 Å². The van der Waals surface area contributed by atoms with Crippen molar-refractivity contribution in [2.45, 2.75) is 51.2 Å². The largest absolute Gasteiger partial charge is 0.311 e. The molecule has 0 aromatic heterocycles. The number of rotatable bonds is 3. The van der Waals surface area contributed by atoms with Crippen molar-refractivity contribution in [3.8, 4) is 0 Å². The molecule has 0 unspecified atom stereocenters. The predicted octanol–water partition coefficient (Wildman–Crippen LogP) is 2.27. The van der Waals surface area contributed by atoms with Gasteiger partial charge in [-0.3, -0.25) is 0 Å². The molecule has 66 valence electrons. The molecule has 0 heterocycles. The summed E-state index contributed by atoms with van der Waals surface area (Å²) < 4.78 is 13.0. The number of hydrogen-bond donors (Lipinski definition) is 1. The molecular weight excluding hydrogens is 141 g/mol. The minimum Gasteiger partial charge on any atom is -0.311 e. The van der Waals surface area contributed by atoms with Gasteiger partial charge in [0.15, 0.2) is 0 Å². The van der Waals surface area contributed by atoms with Gasteiger partial charge >= 0.3 is 0 Å². The van der Waals surface area contributed by atoms with Crippen molar-refractivity contribution < 1.29 is 4.39 Å². The standard InChI is InChI=1S/C9H18FN/c1-9(2,10)7-11-8-5-3-4-6-8/h8,11H,3-7H2,1-2H3. The first-order valence-electron chi connectivity index (χ1n) is 4.50. The monoisotopic (exact) mass is 159 g/mol. The summed E-state index contributed by atoms with van der Waals surface area (Å²) in [6.45, 7) is 3.74. The van der Waals surface area contributed by atoms with E-state index in [1.54, 1.807) is 13.8 Å². The SMILES string of the molecule is CC(C)(F)CNC1CCCC1. The minimum absolute atomic E-state index is 0.498. The predicted molar refractivity (Wildman–Crippen MR) is 45.4 cm³/mol. The lowest BCUT2D eigenvalue weighted by Crippen LogP contribution is -2.36. The second-order valence-corrected chi connectivity index (χ2v) is 4.08. The van der Waals surface area contributed by atoms with Crippen LogP contribution in [0.2, 0.25) is 0 Å². The van der Waals surface area contributed by atoms with E-state index >= 15 is 0 Å². The Labute approximate surface area is 68.4 Å². The van der Waals surface area contributed by atoms with E-state index in [1.807, 2.05) is 0 Å². The summed E-state index contributed by atoms with van der Waals surface area (Å²) >= 11 is 0. The number of alkyl halides is 1. The molecule has 1 rings (SSSR count). The van der Waals surface area contributed by atoms with Crippen LogP contribution in [0.15, 0.2) is 0 Å². The van der Waals surface area contributed by atoms with Gasteiger partial charge in [-0.25, -0.2) is 4.39 Å². The van der Waals surface area contributed by atoms with Crippen molar-refractivity contribution in [3.05, 3.63) is 0 Å². The fourth-order valence-electron chi connectivity index (χ4n) is 1.52. The van der Waals surface area contributed by atoms with Crippen LogP contribution in [0.1, 0.15) is 39.5 Å². The normalized spacial score (nSPS) is 21.0. The van der Waals surface area contributed by atoms with Gasteiger partial charge in [-0.05, 0) is 26.7 Å². The molecular formula is C9H18FN. The van der Waals surface area contributed by atoms with Gasteiger partial charge in [0.25, 0.3) is 0 Å². The average Bonchev–Trinajstić information content (AvgIpc) is 2.32. The van der Waals surface area contributed by atoms with Crippen LogP contribution in [0.4, 0.5) is 4.39 Å². The molecule has 1 saturated carbocycles. The molecule has 0 radical (unpaired) electrons. The second-order valence-electron chi connectivity index (χ2n) is 4.08. The van der Waals surface area contributed by atoms with Gasteiger partial charge in [0.2, 0.25) is 0 Å². The second kappa shape index (κ2) is 3.53. The third-order valence-corrected chi connectivity index (χ3v) is 2.17. The van der Waals surface area contributed by atoms with Crippen molar-refractivity contribution in [3.63, 3.8) is 0 Å². The molecule has 1 aliphatic rings. The molecule has 2 heteroatoms. The Hall–Kier alpha value is -0.110. The van der Waals surface area contributed by atoms with Crippen molar-refractivity contribution in [1.82, 2.24) is 5.32 Å². The number of nitrogens with one attached hydrogen (secondary N) is 1. The molecule has 0 atom stereocenters. The average molecular weight is 159 g/mol. The van der Waals surface area contributed by atoms with Crippen molar-refractivity contribution in [1.29, 1.82) is 0 Å². The molecule has 0 bridgehead atoms. The molecule has 0 amide bonds. The highest BCUT2D eigenvalue weighted by Gasteiger charge is 2.19. The molecule has 0 aromatic rings. The number of hydrogen-bond acceptors (Lipinski definition) is 1. The lowest BCUT2D eigenvalue weighted by Gasteiger charge is -2.18. The lowest BCUT2D eigenvalue weighted by atomic mass is 10.1. The molecule has 0 spiro atoms. The van der Waals surface area contributed by atoms with Crippen molar-refractivity contribution in [2.24, 2.45) is 0 Å². The van der Waals surface area contributed by atoms with Gasteiger partial charge < -0.3 is 5.32 Å². The molecule has 1 N–H and O–H groups in total. The zero-order valence-electron chi connectivity index (χ0n) is 7.49. The third kappa shape index (κ3) is 3.71. The van der Waals surface area contributed by atoms with E-state index in [1.165, 1.54) is 25.7 Å². The Balaban J connectivity index is 2.11. The van der Waals surface area contributed by atoms with Crippen molar-refractivity contribution >= 4 is 0 Å². The van der Waals surface area contributed by atoms with Crippen LogP contribution >= 0.6 is 0 Å². The highest BCUT2D eigenvalue weighted by molar-refractivity contribution is 4.78. The molecule has 0 aliphatic heterocycles. The molecule has 1 nitrogen and oxygen atoms in total. The van der Waals surface area contributed by atoms with Crippen LogP contribution in [0.3, 0.4) is 0 Å². The van der Waals surface area contributed by atoms with Crippen LogP contribution in [0, 0.1) is 0 Å². The summed E-state index contributed by atoms with van der Waals surface area (Å²) in [4.78, 5) is 0. The molecule has 1 aliphatic carbocycles. The van der Waals surface area contributed by atoms with Crippen LogP contribution in [-0.2, 0) is 0 Å². The zero-order chi connectivity index (χ0) is 8.32. The van der Waals surface area contributed by atoms with Crippen molar-refractivity contribution in [2.75, 3.05) is 6.54 Å². The first-order valence-corrected chi connectivity index (χ1v) is 4.50. The van der Waals surface area contributed by atoms with Crippen LogP contribution < -0.4 is 5.32 Å². The highest BCUT2D eigenvalue weighted by Crippen LogP contribution is 2.18. The topological polar surface area (TPSA) is 12.0 Å². The quantitative estimate of drug-likeness (QED) is 0.666. The Bertz CT molecular complexity index is 111. The minimum atomic E-state index is -1.05. The van der Waals surface area contributed by atoms with Gasteiger partial charge in [-0.15, -0.1) is 0 Å². The molecule has 0 saturated heterocycles. The summed E-state index contributed by atoms with van der Waals surface area (Å²) in [5, 5.41) is 3.25. The Morgan fingerprint density at radius 1 is 1.36 bits per heavy atom. The van der Waals surface area contributed by atoms with E-state index in [-0.39, 0.29) is 0 Å². The van der Waals surface area contributed by atoms with E-state index in [2.05, 4.69) is 5.32 Å². The van der Waals surface area contributed by atoms with E-state index in [0.717, 1.165) is 0 Å². The first-order chi connectivity index (χ1) is 5.08. The third-order valence-electron chi connectivity index (χ3n) is 2.17. The smallest absolute Gasteiger partial charge is 0.117 e. The maximum Gasteiger partial charge on any atom is 0.117 e. The van der Waals surface area contributed by atoms with Crippen LogP contribution in [-0.4, -0.2) is 18.3 Å². The summed E-state index contributed by atoms with van der Waals surface area (Å²) in [6, 6.07) is 0.588. The van der Waals surface area contributed by atoms with E-state index in [9.17, 15) is 4.39 Å². The summed E-state index contributed by atoms with van der Waals surface area (Å²) in [5.74, 6) is 0. The fourth-order valence-corrected chi connectivity index (χ4v) is 1.52. The lowest BCUT2D eigenvalue weighted by molar-refractivity contribution is 0.203. The summed E-state index contributed by atoms with van der Waals surface area (Å²) in [7, 11) is 0. The fraction of sp³-hybridized carbons (Fsp3) is 1.00. The first kappa shape index (κ1) is 8.98. The van der Waals surface area contributed by atoms with Gasteiger partial charge in [0.1, 0.15) is 5.67 Å². The Kier molecular flexibility index (Phi) is 2.88. The van der Waals surface area contributed by atoms with Gasteiger partial charge in [0.05, 0.1) is 0 Å². The Morgan fingerprint density at radius 2 is 1.91 bits per heavy atom. The molecule has 11 heavy (non-hydrogen) atoms. The number of halogens is 1. The van der Waals surface area contributed by atoms with Gasteiger partial charge in [0, 0.05) is 12.6 Å². The summed E-state index contributed by atoms with van der Waals surface area (Å²) in [5.41, 5.74) is -1.05. The highest BCUT2D eigenvalue weighted by atomic mass is 19.1. The maximum atomic E-state index is 13.0.